The van der Waals surface area contributed by atoms with E-state index in [1.165, 1.54) is 0 Å². The number of Topliss-reactive ketones (excluding diaryl/α,β-unsaturated/α-hetero) is 2. The van der Waals surface area contributed by atoms with Crippen LogP contribution in [-0.4, -0.2) is 11.6 Å². The molecule has 0 N–H and O–H groups in total. The molecule has 0 heterocycles. The highest BCUT2D eigenvalue weighted by Crippen LogP contribution is 2.35. The average molecular weight is 178 g/mol. The van der Waals surface area contributed by atoms with Crippen LogP contribution in [0.1, 0.15) is 32.6 Å². The van der Waals surface area contributed by atoms with E-state index in [9.17, 15) is 9.59 Å². The van der Waals surface area contributed by atoms with Crippen molar-refractivity contribution in [3.63, 3.8) is 0 Å². The molecule has 13 heavy (non-hydrogen) atoms. The van der Waals surface area contributed by atoms with E-state index in [2.05, 4.69) is 0 Å². The molecule has 0 radical (unpaired) electrons. The standard InChI is InChI=1S/C11H14O2/c1-7-10(12)6-8-4-2-3-5-9(8)11(7)13/h5,7-8H,2-4,6H2,1H3. The minimum atomic E-state index is -0.374. The lowest BCUT2D eigenvalue weighted by Crippen LogP contribution is -2.34. The molecular formula is C11H14O2. The van der Waals surface area contributed by atoms with Crippen LogP contribution in [0.3, 0.4) is 0 Å². The van der Waals surface area contributed by atoms with Gasteiger partial charge in [-0.1, -0.05) is 6.08 Å². The van der Waals surface area contributed by atoms with Crippen molar-refractivity contribution >= 4 is 11.6 Å². The Hall–Kier alpha value is -0.920. The van der Waals surface area contributed by atoms with Crippen LogP contribution in [0.2, 0.25) is 0 Å². The fraction of sp³-hybridized carbons (Fsp3) is 0.636. The van der Waals surface area contributed by atoms with Crippen molar-refractivity contribution in [1.29, 1.82) is 0 Å². The SMILES string of the molecule is CC1C(=O)CC2CCCC=C2C1=O. The third-order valence-electron chi connectivity index (χ3n) is 3.17. The van der Waals surface area contributed by atoms with Gasteiger partial charge in [0.05, 0.1) is 5.92 Å². The molecule has 0 saturated heterocycles. The fourth-order valence-electron chi connectivity index (χ4n) is 2.27. The number of ketones is 2. The molecule has 0 aromatic heterocycles. The number of carbonyl (C=O) groups is 2. The Morgan fingerprint density at radius 1 is 1.38 bits per heavy atom. The first-order valence-corrected chi connectivity index (χ1v) is 4.97. The molecule has 0 amide bonds. The summed E-state index contributed by atoms with van der Waals surface area (Å²) in [7, 11) is 0. The zero-order chi connectivity index (χ0) is 9.42. The molecule has 2 heteroatoms. The smallest absolute Gasteiger partial charge is 0.168 e. The van der Waals surface area contributed by atoms with Gasteiger partial charge in [0, 0.05) is 6.42 Å². The van der Waals surface area contributed by atoms with Gasteiger partial charge in [-0.25, -0.2) is 0 Å². The van der Waals surface area contributed by atoms with Crippen LogP contribution < -0.4 is 0 Å². The first-order valence-electron chi connectivity index (χ1n) is 4.97. The van der Waals surface area contributed by atoms with E-state index in [-0.39, 0.29) is 23.4 Å². The monoisotopic (exact) mass is 178 g/mol. The Bertz CT molecular complexity index is 288. The quantitative estimate of drug-likeness (QED) is 0.531. The van der Waals surface area contributed by atoms with Crippen molar-refractivity contribution in [2.75, 3.05) is 0 Å². The fourth-order valence-corrected chi connectivity index (χ4v) is 2.27. The van der Waals surface area contributed by atoms with Crippen LogP contribution >= 0.6 is 0 Å². The summed E-state index contributed by atoms with van der Waals surface area (Å²) in [5, 5.41) is 0. The van der Waals surface area contributed by atoms with Gasteiger partial charge < -0.3 is 0 Å². The van der Waals surface area contributed by atoms with Crippen molar-refractivity contribution in [3.8, 4) is 0 Å². The van der Waals surface area contributed by atoms with Gasteiger partial charge in [0.1, 0.15) is 5.78 Å². The number of hydrogen-bond acceptors (Lipinski definition) is 2. The van der Waals surface area contributed by atoms with Crippen molar-refractivity contribution in [2.45, 2.75) is 32.6 Å². The molecule has 0 aliphatic heterocycles. The number of fused-ring (bicyclic) bond motifs is 1. The van der Waals surface area contributed by atoms with Crippen LogP contribution in [0.15, 0.2) is 11.6 Å². The van der Waals surface area contributed by atoms with E-state index >= 15 is 0 Å². The van der Waals surface area contributed by atoms with Crippen molar-refractivity contribution in [1.82, 2.24) is 0 Å². The topological polar surface area (TPSA) is 34.1 Å². The van der Waals surface area contributed by atoms with Gasteiger partial charge >= 0.3 is 0 Å². The molecule has 2 rings (SSSR count). The highest BCUT2D eigenvalue weighted by molar-refractivity contribution is 6.13. The molecule has 70 valence electrons. The number of carbonyl (C=O) groups excluding carboxylic acids is 2. The minimum Gasteiger partial charge on any atom is -0.299 e. The van der Waals surface area contributed by atoms with Crippen LogP contribution in [0.25, 0.3) is 0 Å². The minimum absolute atomic E-state index is 0.0842. The number of rotatable bonds is 0. The summed E-state index contributed by atoms with van der Waals surface area (Å²) < 4.78 is 0. The summed E-state index contributed by atoms with van der Waals surface area (Å²) in [6, 6.07) is 0. The first-order chi connectivity index (χ1) is 6.20. The van der Waals surface area contributed by atoms with E-state index in [1.807, 2.05) is 6.08 Å². The summed E-state index contributed by atoms with van der Waals surface area (Å²) in [5.41, 5.74) is 0.943. The second-order valence-corrected chi connectivity index (χ2v) is 4.04. The lowest BCUT2D eigenvalue weighted by Gasteiger charge is -2.29. The molecule has 2 aliphatic rings. The maximum Gasteiger partial charge on any atom is 0.168 e. The van der Waals surface area contributed by atoms with Crippen LogP contribution in [0.4, 0.5) is 0 Å². The Kier molecular flexibility index (Phi) is 2.06. The molecule has 2 atom stereocenters. The average Bonchev–Trinajstić information content (AvgIpc) is 2.15. The number of hydrogen-bond donors (Lipinski definition) is 0. The van der Waals surface area contributed by atoms with Crippen LogP contribution in [-0.2, 0) is 9.59 Å². The van der Waals surface area contributed by atoms with Crippen molar-refractivity contribution < 1.29 is 9.59 Å². The Balaban J connectivity index is 2.30. The molecule has 0 bridgehead atoms. The molecule has 2 aliphatic carbocycles. The third kappa shape index (κ3) is 1.34. The zero-order valence-electron chi connectivity index (χ0n) is 7.88. The van der Waals surface area contributed by atoms with Crippen LogP contribution in [0.5, 0.6) is 0 Å². The Labute approximate surface area is 78.0 Å². The molecule has 0 spiro atoms. The summed E-state index contributed by atoms with van der Waals surface area (Å²) in [6.45, 7) is 1.73. The molecule has 1 saturated carbocycles. The highest BCUT2D eigenvalue weighted by atomic mass is 16.2. The van der Waals surface area contributed by atoms with E-state index in [0.29, 0.717) is 6.42 Å². The molecule has 2 nitrogen and oxygen atoms in total. The lowest BCUT2D eigenvalue weighted by molar-refractivity contribution is -0.133. The maximum absolute atomic E-state index is 11.7. The van der Waals surface area contributed by atoms with Gasteiger partial charge in [-0.3, -0.25) is 9.59 Å². The normalized spacial score (nSPS) is 34.1. The van der Waals surface area contributed by atoms with Crippen molar-refractivity contribution in [3.05, 3.63) is 11.6 Å². The van der Waals surface area contributed by atoms with E-state index < -0.39 is 0 Å². The van der Waals surface area contributed by atoms with Crippen molar-refractivity contribution in [2.24, 2.45) is 11.8 Å². The van der Waals surface area contributed by atoms with Crippen LogP contribution in [0, 0.1) is 11.8 Å². The summed E-state index contributed by atoms with van der Waals surface area (Å²) >= 11 is 0. The predicted octanol–water partition coefficient (Wildman–Crippen LogP) is 1.89. The molecule has 1 fully saturated rings. The summed E-state index contributed by atoms with van der Waals surface area (Å²) in [6.07, 6.45) is 5.80. The molecule has 2 unspecified atom stereocenters. The Morgan fingerprint density at radius 2 is 2.15 bits per heavy atom. The first kappa shape index (κ1) is 8.67. The second-order valence-electron chi connectivity index (χ2n) is 4.04. The van der Waals surface area contributed by atoms with Gasteiger partial charge in [-0.15, -0.1) is 0 Å². The predicted molar refractivity (Wildman–Crippen MR) is 49.2 cm³/mol. The van der Waals surface area contributed by atoms with Gasteiger partial charge in [-0.05, 0) is 37.7 Å². The van der Waals surface area contributed by atoms with Gasteiger partial charge in [0.15, 0.2) is 5.78 Å². The molecule has 0 aromatic carbocycles. The van der Waals surface area contributed by atoms with Gasteiger partial charge in [0.2, 0.25) is 0 Å². The summed E-state index contributed by atoms with van der Waals surface area (Å²) in [5.74, 6) is 0.0977. The zero-order valence-corrected chi connectivity index (χ0v) is 7.88. The second kappa shape index (κ2) is 3.09. The largest absolute Gasteiger partial charge is 0.299 e. The lowest BCUT2D eigenvalue weighted by atomic mass is 9.72. The van der Waals surface area contributed by atoms with Gasteiger partial charge in [0.25, 0.3) is 0 Å². The Morgan fingerprint density at radius 3 is 2.92 bits per heavy atom. The third-order valence-corrected chi connectivity index (χ3v) is 3.17. The molecule has 0 aromatic rings. The highest BCUT2D eigenvalue weighted by Gasteiger charge is 2.36. The maximum atomic E-state index is 11.7. The van der Waals surface area contributed by atoms with E-state index in [4.69, 9.17) is 0 Å². The number of allylic oxidation sites excluding steroid dienone is 2. The van der Waals surface area contributed by atoms with Gasteiger partial charge in [-0.2, -0.15) is 0 Å². The van der Waals surface area contributed by atoms with E-state index in [1.54, 1.807) is 6.92 Å². The van der Waals surface area contributed by atoms with E-state index in [0.717, 1.165) is 24.8 Å². The molecular weight excluding hydrogens is 164 g/mol. The summed E-state index contributed by atoms with van der Waals surface area (Å²) in [4.78, 5) is 23.1.